The van der Waals surface area contributed by atoms with E-state index in [1.54, 1.807) is 0 Å². The molecular weight excluding hydrogens is 257 g/mol. The maximum absolute atomic E-state index is 6.15. The summed E-state index contributed by atoms with van der Waals surface area (Å²) in [4.78, 5) is 0. The molecule has 5 heteroatoms. The van der Waals surface area contributed by atoms with Crippen LogP contribution in [-0.2, 0) is 4.52 Å². The lowest BCUT2D eigenvalue weighted by Crippen LogP contribution is -2.43. The summed E-state index contributed by atoms with van der Waals surface area (Å²) >= 11 is 0. The first kappa shape index (κ1) is 19.3. The number of nitrogens with two attached hydrogens (primary N) is 1. The molecule has 0 heterocycles. The Morgan fingerprint density at radius 3 is 1.32 bits per heavy atom. The Labute approximate surface area is 121 Å². The third kappa shape index (κ3) is 6.05. The molecule has 0 saturated carbocycles. The molecule has 0 aromatic rings. The van der Waals surface area contributed by atoms with Gasteiger partial charge in [-0.2, -0.15) is 0 Å². The number of hydrogen-bond donors (Lipinski definition) is 1. The SMILES string of the molecule is CC(C)N(C(C)C)P(OCCN)N(C(C)C)C(C)C. The zero-order valence-electron chi connectivity index (χ0n) is 14.1. The summed E-state index contributed by atoms with van der Waals surface area (Å²) in [6.07, 6.45) is 0. The van der Waals surface area contributed by atoms with Crippen LogP contribution in [0.5, 0.6) is 0 Å². The first-order valence-corrected chi connectivity index (χ1v) is 8.60. The predicted octanol–water partition coefficient (Wildman–Crippen LogP) is 3.43. The van der Waals surface area contributed by atoms with Crippen LogP contribution in [0.2, 0.25) is 0 Å². The van der Waals surface area contributed by atoms with Crippen LogP contribution in [0.1, 0.15) is 55.4 Å². The van der Waals surface area contributed by atoms with Crippen molar-refractivity contribution in [2.24, 2.45) is 5.73 Å². The van der Waals surface area contributed by atoms with Crippen molar-refractivity contribution in [2.75, 3.05) is 13.2 Å². The first-order valence-electron chi connectivity index (χ1n) is 7.43. The van der Waals surface area contributed by atoms with Crippen molar-refractivity contribution in [3.63, 3.8) is 0 Å². The van der Waals surface area contributed by atoms with Crippen LogP contribution in [0.4, 0.5) is 0 Å². The summed E-state index contributed by atoms with van der Waals surface area (Å²) in [6.45, 7) is 19.1. The molecule has 0 spiro atoms. The van der Waals surface area contributed by atoms with Crippen molar-refractivity contribution in [3.8, 4) is 0 Å². The van der Waals surface area contributed by atoms with Gasteiger partial charge in [0.2, 0.25) is 0 Å². The van der Waals surface area contributed by atoms with Crippen molar-refractivity contribution < 1.29 is 4.52 Å². The smallest absolute Gasteiger partial charge is 0.188 e. The summed E-state index contributed by atoms with van der Waals surface area (Å²) < 4.78 is 11.1. The van der Waals surface area contributed by atoms with Crippen LogP contribution in [0.15, 0.2) is 0 Å². The molecular formula is C14H34N3OP. The quantitative estimate of drug-likeness (QED) is 0.661. The minimum atomic E-state index is -0.765. The van der Waals surface area contributed by atoms with Gasteiger partial charge in [-0.3, -0.25) is 0 Å². The predicted molar refractivity (Wildman–Crippen MR) is 86.1 cm³/mol. The lowest BCUT2D eigenvalue weighted by atomic mass is 10.3. The summed E-state index contributed by atoms with van der Waals surface area (Å²) in [5.41, 5.74) is 5.63. The van der Waals surface area contributed by atoms with Crippen molar-refractivity contribution in [1.29, 1.82) is 0 Å². The first-order chi connectivity index (χ1) is 8.73. The topological polar surface area (TPSA) is 41.7 Å². The molecule has 0 aromatic heterocycles. The highest BCUT2D eigenvalue weighted by Gasteiger charge is 2.34. The van der Waals surface area contributed by atoms with Crippen LogP contribution in [0.3, 0.4) is 0 Å². The molecule has 0 saturated heterocycles. The van der Waals surface area contributed by atoms with Crippen LogP contribution >= 0.6 is 8.45 Å². The van der Waals surface area contributed by atoms with E-state index in [4.69, 9.17) is 10.3 Å². The second-order valence-electron chi connectivity index (χ2n) is 6.01. The van der Waals surface area contributed by atoms with Gasteiger partial charge in [0.05, 0.1) is 6.61 Å². The summed E-state index contributed by atoms with van der Waals surface area (Å²) in [6, 6.07) is 1.85. The zero-order chi connectivity index (χ0) is 15.2. The van der Waals surface area contributed by atoms with E-state index >= 15 is 0 Å². The van der Waals surface area contributed by atoms with Gasteiger partial charge < -0.3 is 10.3 Å². The van der Waals surface area contributed by atoms with E-state index < -0.39 is 8.45 Å². The van der Waals surface area contributed by atoms with E-state index in [-0.39, 0.29) is 0 Å². The monoisotopic (exact) mass is 291 g/mol. The van der Waals surface area contributed by atoms with E-state index in [1.165, 1.54) is 0 Å². The highest BCUT2D eigenvalue weighted by molar-refractivity contribution is 7.47. The van der Waals surface area contributed by atoms with E-state index in [2.05, 4.69) is 64.7 Å². The summed E-state index contributed by atoms with van der Waals surface area (Å²) in [5, 5.41) is 0. The van der Waals surface area contributed by atoms with E-state index in [1.807, 2.05) is 0 Å². The van der Waals surface area contributed by atoms with Gasteiger partial charge in [0, 0.05) is 30.7 Å². The van der Waals surface area contributed by atoms with Crippen molar-refractivity contribution in [2.45, 2.75) is 79.6 Å². The Morgan fingerprint density at radius 2 is 1.11 bits per heavy atom. The van der Waals surface area contributed by atoms with Gasteiger partial charge in [-0.15, -0.1) is 0 Å². The van der Waals surface area contributed by atoms with Crippen LogP contribution in [-0.4, -0.2) is 46.7 Å². The van der Waals surface area contributed by atoms with E-state index in [0.29, 0.717) is 37.3 Å². The number of hydrogen-bond acceptors (Lipinski definition) is 4. The fourth-order valence-corrected chi connectivity index (χ4v) is 4.72. The molecule has 0 unspecified atom stereocenters. The maximum atomic E-state index is 6.15. The average Bonchev–Trinajstić information content (AvgIpc) is 2.23. The van der Waals surface area contributed by atoms with Gasteiger partial charge in [-0.1, -0.05) is 0 Å². The lowest BCUT2D eigenvalue weighted by Gasteiger charge is -2.45. The second-order valence-corrected chi connectivity index (χ2v) is 7.70. The normalized spacial score (nSPS) is 13.3. The van der Waals surface area contributed by atoms with Gasteiger partial charge in [0.25, 0.3) is 0 Å². The summed E-state index contributed by atoms with van der Waals surface area (Å²) in [7, 11) is -0.765. The third-order valence-electron chi connectivity index (χ3n) is 2.84. The molecule has 0 amide bonds. The Bertz CT molecular complexity index is 199. The van der Waals surface area contributed by atoms with Crippen LogP contribution < -0.4 is 5.73 Å². The molecule has 0 fully saturated rings. The van der Waals surface area contributed by atoms with Gasteiger partial charge in [0.15, 0.2) is 8.45 Å². The molecule has 0 rings (SSSR count). The molecule has 0 atom stereocenters. The largest absolute Gasteiger partial charge is 0.330 e. The third-order valence-corrected chi connectivity index (χ3v) is 5.89. The molecule has 0 radical (unpaired) electrons. The Morgan fingerprint density at radius 1 is 0.789 bits per heavy atom. The summed E-state index contributed by atoms with van der Waals surface area (Å²) in [5.74, 6) is 0. The molecule has 0 bridgehead atoms. The van der Waals surface area contributed by atoms with Gasteiger partial charge in [-0.05, 0) is 55.4 Å². The Kier molecular flexibility index (Phi) is 9.38. The fourth-order valence-electron chi connectivity index (χ4n) is 2.37. The Hall–Kier alpha value is 0.270. The molecule has 0 aliphatic heterocycles. The van der Waals surface area contributed by atoms with Crippen molar-refractivity contribution in [3.05, 3.63) is 0 Å². The molecule has 116 valence electrons. The maximum Gasteiger partial charge on any atom is 0.188 e. The van der Waals surface area contributed by atoms with E-state index in [9.17, 15) is 0 Å². The molecule has 4 nitrogen and oxygen atoms in total. The minimum Gasteiger partial charge on any atom is -0.330 e. The number of rotatable bonds is 9. The van der Waals surface area contributed by atoms with Crippen LogP contribution in [0.25, 0.3) is 0 Å². The molecule has 2 N–H and O–H groups in total. The molecule has 0 aromatic carbocycles. The van der Waals surface area contributed by atoms with Crippen molar-refractivity contribution >= 4 is 8.45 Å². The van der Waals surface area contributed by atoms with Crippen LogP contribution in [0, 0.1) is 0 Å². The minimum absolute atomic E-state index is 0.462. The van der Waals surface area contributed by atoms with Gasteiger partial charge in [-0.25, -0.2) is 9.34 Å². The lowest BCUT2D eigenvalue weighted by molar-refractivity contribution is 0.189. The van der Waals surface area contributed by atoms with Crippen molar-refractivity contribution in [1.82, 2.24) is 9.34 Å². The molecule has 0 aliphatic rings. The molecule has 19 heavy (non-hydrogen) atoms. The highest BCUT2D eigenvalue weighted by atomic mass is 31.2. The van der Waals surface area contributed by atoms with E-state index in [0.717, 1.165) is 0 Å². The second kappa shape index (κ2) is 9.25. The average molecular weight is 291 g/mol. The van der Waals surface area contributed by atoms with Gasteiger partial charge in [0.1, 0.15) is 0 Å². The zero-order valence-corrected chi connectivity index (χ0v) is 14.9. The van der Waals surface area contributed by atoms with Gasteiger partial charge >= 0.3 is 0 Å². The Balaban J connectivity index is 5.24. The number of nitrogens with zero attached hydrogens (tertiary/aromatic N) is 2. The molecule has 0 aliphatic carbocycles. The fraction of sp³-hybridized carbons (Fsp3) is 1.00. The standard InChI is InChI=1S/C14H34N3OP/c1-11(2)16(12(3)4)19(18-10-9-15)17(13(5)6)14(7)8/h11-14H,9-10,15H2,1-8H3. The highest BCUT2D eigenvalue weighted by Crippen LogP contribution is 2.50.